The molecule has 2 nitrogen and oxygen atoms in total. The highest BCUT2D eigenvalue weighted by molar-refractivity contribution is 9.10. The van der Waals surface area contributed by atoms with Gasteiger partial charge in [0, 0.05) is 23.1 Å². The summed E-state index contributed by atoms with van der Waals surface area (Å²) in [5, 5.41) is 0. The van der Waals surface area contributed by atoms with Gasteiger partial charge in [-0.3, -0.25) is 4.90 Å². The topological polar surface area (TPSA) is 29.3 Å². The van der Waals surface area contributed by atoms with E-state index in [0.29, 0.717) is 18.6 Å². The van der Waals surface area contributed by atoms with Crippen LogP contribution in [0.2, 0.25) is 0 Å². The van der Waals surface area contributed by atoms with Gasteiger partial charge in [0.15, 0.2) is 0 Å². The summed E-state index contributed by atoms with van der Waals surface area (Å²) >= 11 is 3.55. The Bertz CT molecular complexity index is 394. The standard InChI is InChI=1S/C15H23BrN2/c1-11-6-7-18(12(2)8-11)15(10-17)13-4-3-5-14(16)9-13/h3-5,9,11-12,15H,6-8,10,17H2,1-2H3. The summed E-state index contributed by atoms with van der Waals surface area (Å²) in [4.78, 5) is 2.57. The van der Waals surface area contributed by atoms with Crippen LogP contribution >= 0.6 is 15.9 Å². The summed E-state index contributed by atoms with van der Waals surface area (Å²) < 4.78 is 1.14. The third-order valence-electron chi connectivity index (χ3n) is 4.05. The van der Waals surface area contributed by atoms with Crippen LogP contribution in [0.15, 0.2) is 28.7 Å². The van der Waals surface area contributed by atoms with Gasteiger partial charge in [0.2, 0.25) is 0 Å². The molecule has 1 aromatic carbocycles. The average molecular weight is 311 g/mol. The normalized spacial score (nSPS) is 27.1. The first-order valence-electron chi connectivity index (χ1n) is 6.83. The lowest BCUT2D eigenvalue weighted by molar-refractivity contribution is 0.0847. The first-order chi connectivity index (χ1) is 8.61. The number of hydrogen-bond acceptors (Lipinski definition) is 2. The fraction of sp³-hybridized carbons (Fsp3) is 0.600. The molecule has 3 atom stereocenters. The number of hydrogen-bond donors (Lipinski definition) is 1. The van der Waals surface area contributed by atoms with E-state index in [1.807, 2.05) is 0 Å². The van der Waals surface area contributed by atoms with Crippen LogP contribution in [0.3, 0.4) is 0 Å². The molecule has 2 N–H and O–H groups in total. The van der Waals surface area contributed by atoms with Crippen molar-refractivity contribution in [2.75, 3.05) is 13.1 Å². The molecule has 0 radical (unpaired) electrons. The van der Waals surface area contributed by atoms with Crippen LogP contribution in [0.5, 0.6) is 0 Å². The Balaban J connectivity index is 2.18. The second-order valence-corrected chi connectivity index (χ2v) is 6.44. The number of benzene rings is 1. The van der Waals surface area contributed by atoms with Gasteiger partial charge in [0.1, 0.15) is 0 Å². The fourth-order valence-corrected chi connectivity index (χ4v) is 3.48. The quantitative estimate of drug-likeness (QED) is 0.924. The summed E-state index contributed by atoms with van der Waals surface area (Å²) in [7, 11) is 0. The molecule has 18 heavy (non-hydrogen) atoms. The largest absolute Gasteiger partial charge is 0.329 e. The Hall–Kier alpha value is -0.380. The molecule has 0 spiro atoms. The Kier molecular flexibility index (Phi) is 4.82. The van der Waals surface area contributed by atoms with E-state index in [9.17, 15) is 0 Å². The monoisotopic (exact) mass is 310 g/mol. The molecule has 3 heteroatoms. The van der Waals surface area contributed by atoms with E-state index >= 15 is 0 Å². The van der Waals surface area contributed by atoms with Crippen LogP contribution in [0.25, 0.3) is 0 Å². The zero-order valence-electron chi connectivity index (χ0n) is 11.3. The highest BCUT2D eigenvalue weighted by Crippen LogP contribution is 2.31. The Labute approximate surface area is 119 Å². The van der Waals surface area contributed by atoms with Crippen molar-refractivity contribution >= 4 is 15.9 Å². The van der Waals surface area contributed by atoms with E-state index in [0.717, 1.165) is 16.9 Å². The Morgan fingerprint density at radius 2 is 2.22 bits per heavy atom. The Morgan fingerprint density at radius 1 is 1.44 bits per heavy atom. The minimum absolute atomic E-state index is 0.352. The molecule has 2 rings (SSSR count). The lowest BCUT2D eigenvalue weighted by atomic mass is 9.90. The van der Waals surface area contributed by atoms with Crippen LogP contribution in [0.1, 0.15) is 38.3 Å². The van der Waals surface area contributed by atoms with E-state index < -0.39 is 0 Å². The third-order valence-corrected chi connectivity index (χ3v) is 4.54. The molecule has 0 amide bonds. The maximum atomic E-state index is 6.03. The van der Waals surface area contributed by atoms with Crippen molar-refractivity contribution in [3.05, 3.63) is 34.3 Å². The average Bonchev–Trinajstić information content (AvgIpc) is 2.33. The van der Waals surface area contributed by atoms with E-state index in [1.54, 1.807) is 0 Å². The summed E-state index contributed by atoms with van der Waals surface area (Å²) in [5.41, 5.74) is 7.35. The maximum absolute atomic E-state index is 6.03. The van der Waals surface area contributed by atoms with Crippen LogP contribution in [0, 0.1) is 5.92 Å². The van der Waals surface area contributed by atoms with E-state index in [2.05, 4.69) is 58.9 Å². The van der Waals surface area contributed by atoms with Crippen LogP contribution < -0.4 is 5.73 Å². The minimum atomic E-state index is 0.352. The molecular weight excluding hydrogens is 288 g/mol. The van der Waals surface area contributed by atoms with Crippen LogP contribution in [-0.4, -0.2) is 24.0 Å². The summed E-state index contributed by atoms with van der Waals surface area (Å²) in [5.74, 6) is 0.845. The number of piperidine rings is 1. The van der Waals surface area contributed by atoms with Gasteiger partial charge in [-0.05, 0) is 49.9 Å². The lowest BCUT2D eigenvalue weighted by Crippen LogP contribution is -2.44. The van der Waals surface area contributed by atoms with Gasteiger partial charge >= 0.3 is 0 Å². The predicted octanol–water partition coefficient (Wildman–Crippen LogP) is 3.57. The number of likely N-dealkylation sites (tertiary alicyclic amines) is 1. The second-order valence-electron chi connectivity index (χ2n) is 5.52. The highest BCUT2D eigenvalue weighted by atomic mass is 79.9. The lowest BCUT2D eigenvalue weighted by Gasteiger charge is -2.41. The van der Waals surface area contributed by atoms with Gasteiger partial charge in [0.25, 0.3) is 0 Å². The van der Waals surface area contributed by atoms with Gasteiger partial charge in [-0.15, -0.1) is 0 Å². The van der Waals surface area contributed by atoms with Crippen molar-refractivity contribution < 1.29 is 0 Å². The molecule has 1 heterocycles. The molecule has 1 fully saturated rings. The summed E-state index contributed by atoms with van der Waals surface area (Å²) in [6.07, 6.45) is 2.57. The third kappa shape index (κ3) is 3.14. The molecule has 1 saturated heterocycles. The van der Waals surface area contributed by atoms with Gasteiger partial charge in [-0.1, -0.05) is 35.0 Å². The molecule has 1 aromatic rings. The molecule has 100 valence electrons. The zero-order chi connectivity index (χ0) is 13.1. The van der Waals surface area contributed by atoms with Gasteiger partial charge in [0.05, 0.1) is 0 Å². The van der Waals surface area contributed by atoms with Crippen LogP contribution in [0.4, 0.5) is 0 Å². The minimum Gasteiger partial charge on any atom is -0.329 e. The van der Waals surface area contributed by atoms with E-state index in [1.165, 1.54) is 18.4 Å². The van der Waals surface area contributed by atoms with Crippen molar-refractivity contribution in [2.45, 2.75) is 38.8 Å². The van der Waals surface area contributed by atoms with E-state index in [-0.39, 0.29) is 0 Å². The Morgan fingerprint density at radius 3 is 2.83 bits per heavy atom. The molecule has 0 aromatic heterocycles. The van der Waals surface area contributed by atoms with Crippen molar-refractivity contribution in [1.29, 1.82) is 0 Å². The smallest absolute Gasteiger partial charge is 0.0473 e. The molecule has 1 aliphatic rings. The van der Waals surface area contributed by atoms with Crippen molar-refractivity contribution in [2.24, 2.45) is 11.7 Å². The summed E-state index contributed by atoms with van der Waals surface area (Å²) in [6.45, 7) is 6.53. The fourth-order valence-electron chi connectivity index (χ4n) is 3.07. The number of nitrogens with zero attached hydrogens (tertiary/aromatic N) is 1. The second kappa shape index (κ2) is 6.18. The van der Waals surface area contributed by atoms with Crippen molar-refractivity contribution in [1.82, 2.24) is 4.90 Å². The first kappa shape index (κ1) is 14.0. The van der Waals surface area contributed by atoms with Gasteiger partial charge < -0.3 is 5.73 Å². The maximum Gasteiger partial charge on any atom is 0.0473 e. The van der Waals surface area contributed by atoms with Crippen LogP contribution in [-0.2, 0) is 0 Å². The highest BCUT2D eigenvalue weighted by Gasteiger charge is 2.28. The zero-order valence-corrected chi connectivity index (χ0v) is 12.9. The first-order valence-corrected chi connectivity index (χ1v) is 7.62. The number of halogens is 1. The number of nitrogens with two attached hydrogens (primary N) is 1. The summed E-state index contributed by atoms with van der Waals surface area (Å²) in [6, 6.07) is 9.53. The number of rotatable bonds is 3. The van der Waals surface area contributed by atoms with Crippen molar-refractivity contribution in [3.63, 3.8) is 0 Å². The molecule has 3 unspecified atom stereocenters. The molecule has 0 bridgehead atoms. The van der Waals surface area contributed by atoms with Gasteiger partial charge in [-0.25, -0.2) is 0 Å². The predicted molar refractivity (Wildman–Crippen MR) is 80.5 cm³/mol. The molecule has 1 aliphatic heterocycles. The molecular formula is C15H23BrN2. The van der Waals surface area contributed by atoms with E-state index in [4.69, 9.17) is 5.73 Å². The molecule has 0 aliphatic carbocycles. The van der Waals surface area contributed by atoms with Crippen molar-refractivity contribution in [3.8, 4) is 0 Å². The van der Waals surface area contributed by atoms with Gasteiger partial charge in [-0.2, -0.15) is 0 Å². The molecule has 0 saturated carbocycles. The SMILES string of the molecule is CC1CCN(C(CN)c2cccc(Br)c2)C(C)C1.